The van der Waals surface area contributed by atoms with Gasteiger partial charge in [-0.1, -0.05) is 53.6 Å². The third kappa shape index (κ3) is 3.79. The van der Waals surface area contributed by atoms with E-state index in [1.54, 1.807) is 4.90 Å². The quantitative estimate of drug-likeness (QED) is 0.486. The first-order valence-electron chi connectivity index (χ1n) is 9.79. The third-order valence-electron chi connectivity index (χ3n) is 5.22. The van der Waals surface area contributed by atoms with Crippen molar-refractivity contribution in [3.05, 3.63) is 94.8 Å². The van der Waals surface area contributed by atoms with Gasteiger partial charge in [-0.25, -0.2) is 4.98 Å². The molecule has 0 aliphatic rings. The molecular weight excluding hydrogens is 358 g/mol. The Labute approximate surface area is 171 Å². The van der Waals surface area contributed by atoms with Gasteiger partial charge < -0.3 is 9.30 Å². The molecule has 0 spiro atoms. The highest BCUT2D eigenvalue weighted by atomic mass is 16.2. The summed E-state index contributed by atoms with van der Waals surface area (Å²) in [5.41, 5.74) is 8.07. The molecule has 2 heterocycles. The van der Waals surface area contributed by atoms with Gasteiger partial charge in [0.05, 0.1) is 17.9 Å². The summed E-state index contributed by atoms with van der Waals surface area (Å²) in [6.07, 6.45) is 2.08. The molecule has 29 heavy (non-hydrogen) atoms. The van der Waals surface area contributed by atoms with E-state index in [1.165, 1.54) is 5.56 Å². The smallest absolute Gasteiger partial charge is 0.253 e. The van der Waals surface area contributed by atoms with E-state index < -0.39 is 0 Å². The second-order valence-corrected chi connectivity index (χ2v) is 7.74. The van der Waals surface area contributed by atoms with Crippen molar-refractivity contribution < 1.29 is 4.79 Å². The number of nitrogens with zero attached hydrogens (tertiary/aromatic N) is 3. The normalized spacial score (nSPS) is 11.0. The molecule has 4 aromatic rings. The number of imidazole rings is 1. The van der Waals surface area contributed by atoms with Crippen LogP contribution >= 0.6 is 0 Å². The molecule has 4 nitrogen and oxygen atoms in total. The molecule has 0 aliphatic carbocycles. The van der Waals surface area contributed by atoms with E-state index in [-0.39, 0.29) is 5.91 Å². The van der Waals surface area contributed by atoms with Crippen molar-refractivity contribution in [2.45, 2.75) is 27.3 Å². The molecule has 0 unspecified atom stereocenters. The molecule has 146 valence electrons. The van der Waals surface area contributed by atoms with Crippen LogP contribution in [-0.2, 0) is 6.54 Å². The molecule has 0 fully saturated rings. The summed E-state index contributed by atoms with van der Waals surface area (Å²) in [5, 5.41) is 0. The van der Waals surface area contributed by atoms with Crippen LogP contribution in [-0.4, -0.2) is 27.2 Å². The minimum atomic E-state index is 0.00228. The van der Waals surface area contributed by atoms with Crippen molar-refractivity contribution >= 4 is 11.6 Å². The lowest BCUT2D eigenvalue weighted by atomic mass is 10.1. The topological polar surface area (TPSA) is 37.6 Å². The zero-order chi connectivity index (χ0) is 20.5. The second kappa shape index (κ2) is 7.55. The van der Waals surface area contributed by atoms with Crippen molar-refractivity contribution in [3.63, 3.8) is 0 Å². The largest absolute Gasteiger partial charge is 0.336 e. The predicted molar refractivity (Wildman–Crippen MR) is 117 cm³/mol. The summed E-state index contributed by atoms with van der Waals surface area (Å²) in [6, 6.07) is 20.2. The van der Waals surface area contributed by atoms with Crippen LogP contribution in [0.15, 0.2) is 66.9 Å². The highest BCUT2D eigenvalue weighted by Gasteiger charge is 2.19. The van der Waals surface area contributed by atoms with Gasteiger partial charge in [-0.2, -0.15) is 0 Å². The number of hydrogen-bond donors (Lipinski definition) is 0. The lowest BCUT2D eigenvalue weighted by Crippen LogP contribution is -2.27. The Morgan fingerprint density at radius 1 is 0.862 bits per heavy atom. The Morgan fingerprint density at radius 3 is 2.10 bits per heavy atom. The van der Waals surface area contributed by atoms with E-state index in [1.807, 2.05) is 44.3 Å². The maximum absolute atomic E-state index is 13.0. The molecule has 0 atom stereocenters. The number of aromatic nitrogens is 2. The van der Waals surface area contributed by atoms with Gasteiger partial charge in [-0.3, -0.25) is 4.79 Å². The van der Waals surface area contributed by atoms with Crippen molar-refractivity contribution in [3.8, 4) is 11.3 Å². The molecule has 4 heteroatoms. The molecule has 1 amide bonds. The van der Waals surface area contributed by atoms with Crippen molar-refractivity contribution in [2.75, 3.05) is 7.05 Å². The fraction of sp³-hybridized carbons (Fsp3) is 0.200. The molecule has 0 saturated heterocycles. The first-order valence-corrected chi connectivity index (χ1v) is 9.79. The monoisotopic (exact) mass is 383 g/mol. The molecule has 0 saturated carbocycles. The Balaban J connectivity index is 1.75. The summed E-state index contributed by atoms with van der Waals surface area (Å²) in [5.74, 6) is 0.00228. The van der Waals surface area contributed by atoms with E-state index in [4.69, 9.17) is 4.98 Å². The summed E-state index contributed by atoms with van der Waals surface area (Å²) in [7, 11) is 1.84. The van der Waals surface area contributed by atoms with Crippen molar-refractivity contribution in [1.82, 2.24) is 14.3 Å². The Bertz CT molecular complexity index is 1170. The van der Waals surface area contributed by atoms with Gasteiger partial charge in [0.25, 0.3) is 5.91 Å². The van der Waals surface area contributed by atoms with E-state index in [9.17, 15) is 4.79 Å². The molecule has 0 bridgehead atoms. The highest BCUT2D eigenvalue weighted by Crippen LogP contribution is 2.26. The van der Waals surface area contributed by atoms with Gasteiger partial charge in [0.1, 0.15) is 5.65 Å². The summed E-state index contributed by atoms with van der Waals surface area (Å²) >= 11 is 0. The number of aryl methyl sites for hydroxylation is 3. The number of carbonyl (C=O) groups is 1. The average Bonchev–Trinajstić information content (AvgIpc) is 3.06. The second-order valence-electron chi connectivity index (χ2n) is 7.74. The van der Waals surface area contributed by atoms with Crippen LogP contribution in [0.4, 0.5) is 0 Å². The van der Waals surface area contributed by atoms with Crippen LogP contribution in [0.3, 0.4) is 0 Å². The molecular formula is C25H25N3O. The minimum absolute atomic E-state index is 0.00228. The summed E-state index contributed by atoms with van der Waals surface area (Å²) in [4.78, 5) is 19.6. The summed E-state index contributed by atoms with van der Waals surface area (Å²) < 4.78 is 2.10. The van der Waals surface area contributed by atoms with Gasteiger partial charge in [-0.05, 0) is 44.5 Å². The minimum Gasteiger partial charge on any atom is -0.336 e. The molecule has 4 rings (SSSR count). The lowest BCUT2D eigenvalue weighted by molar-refractivity contribution is 0.0783. The third-order valence-corrected chi connectivity index (χ3v) is 5.22. The molecule has 0 N–H and O–H groups in total. The van der Waals surface area contributed by atoms with E-state index in [0.29, 0.717) is 12.1 Å². The van der Waals surface area contributed by atoms with Gasteiger partial charge in [0, 0.05) is 24.4 Å². The first kappa shape index (κ1) is 18.9. The van der Waals surface area contributed by atoms with E-state index in [0.717, 1.165) is 33.7 Å². The number of fused-ring (bicyclic) bond motifs is 1. The fourth-order valence-corrected chi connectivity index (χ4v) is 3.51. The molecule has 2 aromatic carbocycles. The lowest BCUT2D eigenvalue weighted by Gasteiger charge is -2.18. The number of hydrogen-bond acceptors (Lipinski definition) is 2. The molecule has 2 aromatic heterocycles. The van der Waals surface area contributed by atoms with Crippen LogP contribution in [0, 0.1) is 20.8 Å². The Morgan fingerprint density at radius 2 is 1.45 bits per heavy atom. The average molecular weight is 383 g/mol. The molecule has 0 aliphatic heterocycles. The standard InChI is InChI=1S/C25H25N3O/c1-17-5-10-20(11-6-17)24-22(28-15-19(3)9-14-23(28)26-24)16-27(4)25(29)21-12-7-18(2)8-13-21/h5-15H,16H2,1-4H3. The number of rotatable bonds is 4. The van der Waals surface area contributed by atoms with Gasteiger partial charge in [-0.15, -0.1) is 0 Å². The Kier molecular flexibility index (Phi) is 4.93. The van der Waals surface area contributed by atoms with Crippen molar-refractivity contribution in [2.24, 2.45) is 0 Å². The van der Waals surface area contributed by atoms with Crippen LogP contribution in [0.25, 0.3) is 16.9 Å². The fourth-order valence-electron chi connectivity index (χ4n) is 3.51. The first-order chi connectivity index (χ1) is 13.9. The summed E-state index contributed by atoms with van der Waals surface area (Å²) in [6.45, 7) is 6.63. The van der Waals surface area contributed by atoms with Crippen molar-refractivity contribution in [1.29, 1.82) is 0 Å². The maximum Gasteiger partial charge on any atom is 0.253 e. The van der Waals surface area contributed by atoms with Crippen LogP contribution in [0.5, 0.6) is 0 Å². The predicted octanol–water partition coefficient (Wildman–Crippen LogP) is 5.20. The SMILES string of the molecule is Cc1ccc(C(=O)N(C)Cc2c(-c3ccc(C)cc3)nc3ccc(C)cn23)cc1. The Hall–Kier alpha value is -3.40. The maximum atomic E-state index is 13.0. The van der Waals surface area contributed by atoms with Gasteiger partial charge in [0.15, 0.2) is 0 Å². The zero-order valence-corrected chi connectivity index (χ0v) is 17.3. The number of carbonyl (C=O) groups excluding carboxylic acids is 1. The highest BCUT2D eigenvalue weighted by molar-refractivity contribution is 5.94. The van der Waals surface area contributed by atoms with E-state index >= 15 is 0 Å². The number of benzene rings is 2. The zero-order valence-electron chi connectivity index (χ0n) is 17.3. The number of amides is 1. The van der Waals surface area contributed by atoms with E-state index in [2.05, 4.69) is 54.8 Å². The van der Waals surface area contributed by atoms with Gasteiger partial charge >= 0.3 is 0 Å². The number of pyridine rings is 1. The van der Waals surface area contributed by atoms with Gasteiger partial charge in [0.2, 0.25) is 0 Å². The van der Waals surface area contributed by atoms with Crippen LogP contribution in [0.1, 0.15) is 32.7 Å². The van der Waals surface area contributed by atoms with Crippen LogP contribution in [0.2, 0.25) is 0 Å². The van der Waals surface area contributed by atoms with Crippen LogP contribution < -0.4 is 0 Å². The molecule has 0 radical (unpaired) electrons.